The van der Waals surface area contributed by atoms with E-state index in [0.29, 0.717) is 12.2 Å². The summed E-state index contributed by atoms with van der Waals surface area (Å²) in [4.78, 5) is 9.36. The van der Waals surface area contributed by atoms with Crippen molar-refractivity contribution in [2.75, 3.05) is 18.8 Å². The number of aryl methyl sites for hydroxylation is 2. The fourth-order valence-electron chi connectivity index (χ4n) is 1.51. The fraction of sp³-hybridized carbons (Fsp3) is 0.600. The van der Waals surface area contributed by atoms with Crippen molar-refractivity contribution in [1.82, 2.24) is 9.97 Å². The molecule has 1 aromatic heterocycles. The topological polar surface area (TPSA) is 51.8 Å². The van der Waals surface area contributed by atoms with Gasteiger partial charge in [-0.05, 0) is 30.6 Å². The molecule has 6 heteroatoms. The summed E-state index contributed by atoms with van der Waals surface area (Å²) in [5, 5.41) is 1.73. The summed E-state index contributed by atoms with van der Waals surface area (Å²) < 4.78 is 11.8. The number of rotatable bonds is 6. The molecule has 0 spiro atoms. The Labute approximate surface area is 169 Å². The molecule has 0 aliphatic heterocycles. The highest BCUT2D eigenvalue weighted by atomic mass is 35.5. The number of aromatic nitrogens is 2. The normalized spacial score (nSPS) is 8.65. The SMILES string of the molecule is C=CSC(CCF)=C(C)C.CCC.CCc1ncc(CC)c(N)n1.CCl. The molecular weight excluding hydrogens is 369 g/mol. The van der Waals surface area contributed by atoms with Crippen molar-refractivity contribution in [3.8, 4) is 0 Å². The second kappa shape index (κ2) is 22.0. The van der Waals surface area contributed by atoms with Gasteiger partial charge in [-0.1, -0.05) is 46.3 Å². The number of anilines is 1. The van der Waals surface area contributed by atoms with Gasteiger partial charge in [0.1, 0.15) is 11.6 Å². The molecule has 0 aliphatic carbocycles. The van der Waals surface area contributed by atoms with Crippen LogP contribution in [0.2, 0.25) is 0 Å². The van der Waals surface area contributed by atoms with E-state index in [4.69, 9.17) is 5.73 Å². The van der Waals surface area contributed by atoms with Crippen LogP contribution >= 0.6 is 23.4 Å². The molecule has 26 heavy (non-hydrogen) atoms. The number of nitrogens with zero attached hydrogens (tertiary/aromatic N) is 2. The van der Waals surface area contributed by atoms with E-state index in [2.05, 4.69) is 42.0 Å². The average Bonchev–Trinajstić information content (AvgIpc) is 2.64. The molecule has 1 rings (SSSR count). The minimum Gasteiger partial charge on any atom is -0.383 e. The number of alkyl halides is 2. The third kappa shape index (κ3) is 16.4. The molecule has 1 heterocycles. The van der Waals surface area contributed by atoms with Crippen LogP contribution in [0.4, 0.5) is 10.2 Å². The van der Waals surface area contributed by atoms with Crippen molar-refractivity contribution in [3.63, 3.8) is 0 Å². The molecule has 152 valence electrons. The maximum atomic E-state index is 11.8. The Hall–Kier alpha value is -1.07. The number of nitrogens with two attached hydrogens (primary N) is 1. The summed E-state index contributed by atoms with van der Waals surface area (Å²) in [7, 11) is 0. The van der Waals surface area contributed by atoms with Crippen LogP contribution in [0.15, 0.2) is 28.7 Å². The van der Waals surface area contributed by atoms with Crippen molar-refractivity contribution in [2.24, 2.45) is 0 Å². The van der Waals surface area contributed by atoms with Crippen molar-refractivity contribution in [3.05, 3.63) is 40.0 Å². The molecule has 1 aromatic rings. The van der Waals surface area contributed by atoms with Crippen LogP contribution in [0.5, 0.6) is 0 Å². The maximum Gasteiger partial charge on any atom is 0.130 e. The average molecular weight is 406 g/mol. The molecule has 0 aliphatic rings. The van der Waals surface area contributed by atoms with Gasteiger partial charge in [-0.3, -0.25) is 4.39 Å². The minimum atomic E-state index is -0.276. The van der Waals surface area contributed by atoms with Crippen LogP contribution in [-0.4, -0.2) is 23.0 Å². The standard InChI is InChI=1S/C8H13FS.C8H13N3.C3H8.CH3Cl/c1-4-10-8(5-6-9)7(2)3;1-3-6-5-10-7(4-2)11-8(6)9;1-3-2;1-2/h4H,1,5-6H2,2-3H3;5H,3-4H2,1-2H3,(H2,9,10,11);3H2,1-2H3;1H3. The van der Waals surface area contributed by atoms with Gasteiger partial charge in [0.2, 0.25) is 0 Å². The Morgan fingerprint density at radius 1 is 1.23 bits per heavy atom. The van der Waals surface area contributed by atoms with Crippen LogP contribution in [0.1, 0.15) is 65.8 Å². The first kappa shape index (κ1) is 29.7. The van der Waals surface area contributed by atoms with E-state index in [1.165, 1.54) is 30.1 Å². The third-order valence-electron chi connectivity index (χ3n) is 2.75. The number of allylic oxidation sites excluding steroid dienone is 2. The number of halogens is 2. The van der Waals surface area contributed by atoms with Gasteiger partial charge in [0.25, 0.3) is 0 Å². The van der Waals surface area contributed by atoms with Gasteiger partial charge < -0.3 is 5.73 Å². The van der Waals surface area contributed by atoms with E-state index in [9.17, 15) is 4.39 Å². The molecule has 0 radical (unpaired) electrons. The number of nitrogen functional groups attached to an aromatic ring is 1. The van der Waals surface area contributed by atoms with Crippen molar-refractivity contribution in [1.29, 1.82) is 0 Å². The molecule has 2 N–H and O–H groups in total. The lowest BCUT2D eigenvalue weighted by molar-refractivity contribution is 0.498. The summed E-state index contributed by atoms with van der Waals surface area (Å²) in [6.45, 7) is 15.6. The van der Waals surface area contributed by atoms with Gasteiger partial charge in [0.15, 0.2) is 0 Å². The maximum absolute atomic E-state index is 11.8. The molecular formula is C20H37ClFN3S. The van der Waals surface area contributed by atoms with Gasteiger partial charge >= 0.3 is 0 Å². The molecule has 0 unspecified atom stereocenters. The smallest absolute Gasteiger partial charge is 0.130 e. The largest absolute Gasteiger partial charge is 0.383 e. The first-order valence-electron chi connectivity index (χ1n) is 8.89. The van der Waals surface area contributed by atoms with Crippen molar-refractivity contribution >= 4 is 29.2 Å². The summed E-state index contributed by atoms with van der Waals surface area (Å²) >= 11 is 6.15. The molecule has 0 aromatic carbocycles. The lowest BCUT2D eigenvalue weighted by atomic mass is 10.2. The molecule has 0 atom stereocenters. The molecule has 0 bridgehead atoms. The van der Waals surface area contributed by atoms with Crippen LogP contribution in [-0.2, 0) is 12.8 Å². The van der Waals surface area contributed by atoms with Crippen LogP contribution < -0.4 is 5.73 Å². The third-order valence-corrected chi connectivity index (χ3v) is 3.81. The van der Waals surface area contributed by atoms with Gasteiger partial charge in [0, 0.05) is 31.0 Å². The second-order valence-electron chi connectivity index (χ2n) is 5.26. The van der Waals surface area contributed by atoms with Crippen LogP contribution in [0.25, 0.3) is 0 Å². The first-order chi connectivity index (χ1) is 12.4. The van der Waals surface area contributed by atoms with Gasteiger partial charge in [-0.15, -0.1) is 23.4 Å². The zero-order chi connectivity index (χ0) is 21.0. The summed E-state index contributed by atoms with van der Waals surface area (Å²) in [5.74, 6) is 1.44. The van der Waals surface area contributed by atoms with Crippen LogP contribution in [0, 0.1) is 0 Å². The van der Waals surface area contributed by atoms with E-state index < -0.39 is 0 Å². The van der Waals surface area contributed by atoms with Crippen LogP contribution in [0.3, 0.4) is 0 Å². The van der Waals surface area contributed by atoms with E-state index >= 15 is 0 Å². The molecule has 0 saturated carbocycles. The quantitative estimate of drug-likeness (QED) is 0.519. The molecule has 0 amide bonds. The summed E-state index contributed by atoms with van der Waals surface area (Å²) in [6.07, 6.45) is 6.80. The molecule has 0 fully saturated rings. The van der Waals surface area contributed by atoms with E-state index in [1.807, 2.05) is 27.7 Å². The van der Waals surface area contributed by atoms with Gasteiger partial charge in [0.05, 0.1) is 6.67 Å². The highest BCUT2D eigenvalue weighted by Gasteiger charge is 1.99. The first-order valence-corrected chi connectivity index (χ1v) is 10.5. The highest BCUT2D eigenvalue weighted by Crippen LogP contribution is 2.23. The predicted molar refractivity (Wildman–Crippen MR) is 120 cm³/mol. The summed E-state index contributed by atoms with van der Waals surface area (Å²) in [5.41, 5.74) is 7.87. The van der Waals surface area contributed by atoms with Crippen molar-refractivity contribution in [2.45, 2.75) is 67.2 Å². The second-order valence-corrected chi connectivity index (χ2v) is 6.32. The van der Waals surface area contributed by atoms with E-state index in [1.54, 1.807) is 11.6 Å². The monoisotopic (exact) mass is 405 g/mol. The zero-order valence-electron chi connectivity index (χ0n) is 17.5. The number of thioether (sulfide) groups is 1. The fourth-order valence-corrected chi connectivity index (χ4v) is 2.15. The Balaban J connectivity index is -0.000000328. The minimum absolute atomic E-state index is 0.276. The Morgan fingerprint density at radius 2 is 1.77 bits per heavy atom. The Bertz CT molecular complexity index is 490. The molecule has 3 nitrogen and oxygen atoms in total. The highest BCUT2D eigenvalue weighted by molar-refractivity contribution is 8.05. The number of hydrogen-bond donors (Lipinski definition) is 1. The Morgan fingerprint density at radius 3 is 2.08 bits per heavy atom. The predicted octanol–water partition coefficient (Wildman–Crippen LogP) is 6.97. The molecule has 0 saturated heterocycles. The van der Waals surface area contributed by atoms with Crippen molar-refractivity contribution < 1.29 is 4.39 Å². The zero-order valence-corrected chi connectivity index (χ0v) is 19.1. The lowest BCUT2D eigenvalue weighted by Gasteiger charge is -2.02. The van der Waals surface area contributed by atoms with E-state index in [-0.39, 0.29) is 6.67 Å². The lowest BCUT2D eigenvalue weighted by Crippen LogP contribution is -2.02. The number of hydrogen-bond acceptors (Lipinski definition) is 4. The Kier molecular flexibility index (Phi) is 25.1. The van der Waals surface area contributed by atoms with Gasteiger partial charge in [-0.25, -0.2) is 9.97 Å². The van der Waals surface area contributed by atoms with E-state index in [0.717, 1.165) is 29.1 Å². The van der Waals surface area contributed by atoms with Gasteiger partial charge in [-0.2, -0.15) is 0 Å². The summed E-state index contributed by atoms with van der Waals surface area (Å²) in [6, 6.07) is 0.